The molecule has 0 N–H and O–H groups in total. The molecule has 0 atom stereocenters. The topological polar surface area (TPSA) is 51.6 Å². The zero-order valence-electron chi connectivity index (χ0n) is 36.6. The third-order valence-corrected chi connectivity index (χ3v) is 12.8. The minimum absolute atomic E-state index is 0.184. The van der Waals surface area contributed by atoms with Crippen LogP contribution in [0.1, 0.15) is 37.8 Å². The fourth-order valence-corrected chi connectivity index (χ4v) is 9.00. The Morgan fingerprint density at radius 2 is 0.492 bits per heavy atom. The Kier molecular flexibility index (Phi) is 11.6. The number of hydrogen-bond acceptors (Lipinski definition) is 4. The van der Waals surface area contributed by atoms with Crippen LogP contribution in [0.25, 0.3) is 90.1 Å². The van der Waals surface area contributed by atoms with E-state index < -0.39 is 0 Å². The summed E-state index contributed by atoms with van der Waals surface area (Å²) >= 11 is 0. The molecular formula is C61H48N4. The quantitative estimate of drug-likeness (QED) is 0.123. The van der Waals surface area contributed by atoms with Crippen molar-refractivity contribution in [2.24, 2.45) is 0 Å². The first-order valence-corrected chi connectivity index (χ1v) is 22.5. The zero-order valence-corrected chi connectivity index (χ0v) is 36.6. The molecule has 0 aliphatic carbocycles. The van der Waals surface area contributed by atoms with Crippen molar-refractivity contribution in [3.05, 3.63) is 242 Å². The molecule has 4 heteroatoms. The van der Waals surface area contributed by atoms with Crippen LogP contribution in [0, 0.1) is 0 Å². The maximum absolute atomic E-state index is 5.14. The molecule has 0 unspecified atom stereocenters. The van der Waals surface area contributed by atoms with Gasteiger partial charge in [-0.2, -0.15) is 0 Å². The molecule has 4 nitrogen and oxygen atoms in total. The molecule has 0 aliphatic rings. The SMILES string of the molecule is CCC(CC)(c1ccc(-c2cc(-c3ccc(-c4ccccc4)cc3)nc(-c3ccccc3)n2)cc1)c1ccc(-c2cc(-c3ccc(-c4ccccc4)cc3)nc(-c3ccccc3)n2)cc1. The van der Waals surface area contributed by atoms with E-state index in [1.165, 1.54) is 33.4 Å². The van der Waals surface area contributed by atoms with Crippen molar-refractivity contribution in [2.45, 2.75) is 32.1 Å². The lowest BCUT2D eigenvalue weighted by atomic mass is 9.70. The second-order valence-corrected chi connectivity index (χ2v) is 16.5. The highest BCUT2D eigenvalue weighted by atomic mass is 14.9. The van der Waals surface area contributed by atoms with Crippen molar-refractivity contribution < 1.29 is 0 Å². The standard InChI is InChI=1S/C61H48N4/c1-3-61(4-2,53-37-33-49(34-38-53)57-41-55(62-59(64-57)51-21-13-7-14-22-51)47-29-25-45(26-30-47)43-17-9-5-10-18-43)54-39-35-50(36-40-54)58-42-56(63-60(65-58)52-23-15-8-16-24-52)48-31-27-46(28-32-48)44-19-11-6-12-20-44/h5-42H,3-4H2,1-2H3. The van der Waals surface area contributed by atoms with E-state index in [-0.39, 0.29) is 5.41 Å². The summed E-state index contributed by atoms with van der Waals surface area (Å²) in [6, 6.07) is 81.0. The third kappa shape index (κ3) is 8.55. The van der Waals surface area contributed by atoms with Crippen molar-refractivity contribution in [3.8, 4) is 90.1 Å². The largest absolute Gasteiger partial charge is 0.228 e. The van der Waals surface area contributed by atoms with E-state index in [1.54, 1.807) is 0 Å². The van der Waals surface area contributed by atoms with Gasteiger partial charge < -0.3 is 0 Å². The molecule has 0 aliphatic heterocycles. The molecular weight excluding hydrogens is 789 g/mol. The average molecular weight is 837 g/mol. The van der Waals surface area contributed by atoms with Crippen molar-refractivity contribution >= 4 is 0 Å². The number of hydrogen-bond donors (Lipinski definition) is 0. The Bertz CT molecular complexity index is 2930. The van der Waals surface area contributed by atoms with Gasteiger partial charge in [0.15, 0.2) is 11.6 Å². The predicted molar refractivity (Wildman–Crippen MR) is 269 cm³/mol. The molecule has 65 heavy (non-hydrogen) atoms. The van der Waals surface area contributed by atoms with E-state index in [9.17, 15) is 0 Å². The third-order valence-electron chi connectivity index (χ3n) is 12.8. The molecule has 0 saturated heterocycles. The van der Waals surface area contributed by atoms with Gasteiger partial charge in [-0.1, -0.05) is 232 Å². The van der Waals surface area contributed by atoms with Crippen LogP contribution in [0.15, 0.2) is 231 Å². The summed E-state index contributed by atoms with van der Waals surface area (Å²) < 4.78 is 0. The molecule has 2 heterocycles. The number of nitrogens with zero attached hydrogens (tertiary/aromatic N) is 4. The van der Waals surface area contributed by atoms with E-state index in [0.29, 0.717) is 11.6 Å². The van der Waals surface area contributed by atoms with Crippen LogP contribution in [0.4, 0.5) is 0 Å². The van der Waals surface area contributed by atoms with E-state index in [4.69, 9.17) is 19.9 Å². The Morgan fingerprint density at radius 1 is 0.262 bits per heavy atom. The van der Waals surface area contributed by atoms with Gasteiger partial charge in [0.05, 0.1) is 22.8 Å². The van der Waals surface area contributed by atoms with Crippen molar-refractivity contribution in [2.75, 3.05) is 0 Å². The maximum Gasteiger partial charge on any atom is 0.160 e. The molecule has 8 aromatic carbocycles. The minimum atomic E-state index is -0.184. The van der Waals surface area contributed by atoms with E-state index in [2.05, 4.69) is 196 Å². The van der Waals surface area contributed by atoms with Crippen LogP contribution >= 0.6 is 0 Å². The molecule has 312 valence electrons. The summed E-state index contributed by atoms with van der Waals surface area (Å²) in [6.07, 6.45) is 1.90. The Labute approximate surface area is 382 Å². The van der Waals surface area contributed by atoms with Gasteiger partial charge in [-0.05, 0) is 58.4 Å². The van der Waals surface area contributed by atoms with Gasteiger partial charge in [-0.15, -0.1) is 0 Å². The van der Waals surface area contributed by atoms with Crippen molar-refractivity contribution in [3.63, 3.8) is 0 Å². The van der Waals surface area contributed by atoms with Gasteiger partial charge in [0.25, 0.3) is 0 Å². The molecule has 0 amide bonds. The lowest BCUT2D eigenvalue weighted by Crippen LogP contribution is -2.26. The van der Waals surface area contributed by atoms with Crippen LogP contribution in [-0.4, -0.2) is 19.9 Å². The Morgan fingerprint density at radius 3 is 0.769 bits per heavy atom. The summed E-state index contributed by atoms with van der Waals surface area (Å²) in [5, 5.41) is 0. The predicted octanol–water partition coefficient (Wildman–Crippen LogP) is 15.7. The van der Waals surface area contributed by atoms with Crippen LogP contribution < -0.4 is 0 Å². The fraction of sp³-hybridized carbons (Fsp3) is 0.0820. The zero-order chi connectivity index (χ0) is 44.0. The normalized spacial score (nSPS) is 11.4. The second-order valence-electron chi connectivity index (χ2n) is 16.5. The molecule has 0 radical (unpaired) electrons. The molecule has 10 aromatic rings. The van der Waals surface area contributed by atoms with Crippen molar-refractivity contribution in [1.82, 2.24) is 19.9 Å². The van der Waals surface area contributed by atoms with Gasteiger partial charge in [-0.25, -0.2) is 19.9 Å². The van der Waals surface area contributed by atoms with Gasteiger partial charge in [0.1, 0.15) is 0 Å². The summed E-state index contributed by atoms with van der Waals surface area (Å²) in [4.78, 5) is 20.5. The summed E-state index contributed by atoms with van der Waals surface area (Å²) in [7, 11) is 0. The molecule has 0 bridgehead atoms. The molecule has 0 saturated carbocycles. The monoisotopic (exact) mass is 836 g/mol. The number of aromatic nitrogens is 4. The van der Waals surface area contributed by atoms with E-state index in [0.717, 1.165) is 69.0 Å². The number of benzene rings is 8. The van der Waals surface area contributed by atoms with Gasteiger partial charge in [0.2, 0.25) is 0 Å². The van der Waals surface area contributed by atoms with Gasteiger partial charge in [-0.3, -0.25) is 0 Å². The highest BCUT2D eigenvalue weighted by Gasteiger charge is 2.31. The first-order valence-electron chi connectivity index (χ1n) is 22.5. The van der Waals surface area contributed by atoms with Gasteiger partial charge in [0, 0.05) is 38.8 Å². The summed E-state index contributed by atoms with van der Waals surface area (Å²) in [5.41, 5.74) is 16.8. The molecule has 0 fully saturated rings. The average Bonchev–Trinajstić information content (AvgIpc) is 3.40. The molecule has 10 rings (SSSR count). The fourth-order valence-electron chi connectivity index (χ4n) is 9.00. The maximum atomic E-state index is 5.14. The van der Waals surface area contributed by atoms with Crippen LogP contribution in [-0.2, 0) is 5.41 Å². The summed E-state index contributed by atoms with van der Waals surface area (Å²) in [5.74, 6) is 1.41. The lowest BCUT2D eigenvalue weighted by molar-refractivity contribution is 0.478. The van der Waals surface area contributed by atoms with Crippen LogP contribution in [0.2, 0.25) is 0 Å². The van der Waals surface area contributed by atoms with Crippen LogP contribution in [0.3, 0.4) is 0 Å². The van der Waals surface area contributed by atoms with E-state index in [1.807, 2.05) is 48.5 Å². The highest BCUT2D eigenvalue weighted by molar-refractivity contribution is 5.76. The molecule has 0 spiro atoms. The minimum Gasteiger partial charge on any atom is -0.228 e. The number of rotatable bonds is 12. The van der Waals surface area contributed by atoms with Gasteiger partial charge >= 0.3 is 0 Å². The Hall–Kier alpha value is -8.08. The smallest absolute Gasteiger partial charge is 0.160 e. The Balaban J connectivity index is 0.966. The van der Waals surface area contributed by atoms with Crippen LogP contribution in [0.5, 0.6) is 0 Å². The van der Waals surface area contributed by atoms with E-state index >= 15 is 0 Å². The first-order chi connectivity index (χ1) is 32.1. The van der Waals surface area contributed by atoms with Crippen molar-refractivity contribution in [1.29, 1.82) is 0 Å². The highest BCUT2D eigenvalue weighted by Crippen LogP contribution is 2.41. The second kappa shape index (κ2) is 18.3. The summed E-state index contributed by atoms with van der Waals surface area (Å²) in [6.45, 7) is 4.59. The lowest BCUT2D eigenvalue weighted by Gasteiger charge is -2.33. The first kappa shape index (κ1) is 41.0. The molecule has 2 aromatic heterocycles.